The van der Waals surface area contributed by atoms with E-state index in [-0.39, 0.29) is 0 Å². The van der Waals surface area contributed by atoms with Crippen LogP contribution in [0.3, 0.4) is 0 Å². The summed E-state index contributed by atoms with van der Waals surface area (Å²) in [5, 5.41) is 0. The van der Waals surface area contributed by atoms with E-state index in [1.807, 2.05) is 25.1 Å². The largest absolute Gasteiger partial charge is 0.496 e. The van der Waals surface area contributed by atoms with Gasteiger partial charge in [0.05, 0.1) is 14.2 Å². The molecule has 0 radical (unpaired) electrons. The van der Waals surface area contributed by atoms with Crippen LogP contribution in [0.4, 0.5) is 0 Å². The second kappa shape index (κ2) is 6.79. The summed E-state index contributed by atoms with van der Waals surface area (Å²) in [4.78, 5) is 10.9. The van der Waals surface area contributed by atoms with Crippen molar-refractivity contribution in [2.45, 2.75) is 13.5 Å². The summed E-state index contributed by atoms with van der Waals surface area (Å²) in [6.07, 6.45) is 0.801. The Hall–Kier alpha value is -2.49. The van der Waals surface area contributed by atoms with Gasteiger partial charge < -0.3 is 14.2 Å². The lowest BCUT2D eigenvalue weighted by Crippen LogP contribution is -2.01. The molecule has 0 saturated carbocycles. The molecule has 0 aliphatic carbocycles. The Morgan fingerprint density at radius 3 is 2.33 bits per heavy atom. The number of hydrogen-bond donors (Lipinski definition) is 0. The SMILES string of the molecule is COc1ccc(C=O)cc1COc1ccc(C)cc1OC. The summed E-state index contributed by atoms with van der Waals surface area (Å²) in [6, 6.07) is 11.0. The first-order valence-electron chi connectivity index (χ1n) is 6.57. The smallest absolute Gasteiger partial charge is 0.161 e. The third-order valence-electron chi connectivity index (χ3n) is 3.14. The molecule has 0 saturated heterocycles. The van der Waals surface area contributed by atoms with Gasteiger partial charge in [0.15, 0.2) is 11.5 Å². The first kappa shape index (κ1) is 14.9. The molecule has 0 aliphatic rings. The van der Waals surface area contributed by atoms with Crippen LogP contribution in [-0.4, -0.2) is 20.5 Å². The molecule has 0 unspecified atom stereocenters. The molecule has 110 valence electrons. The monoisotopic (exact) mass is 286 g/mol. The van der Waals surface area contributed by atoms with E-state index in [2.05, 4.69) is 0 Å². The van der Waals surface area contributed by atoms with Gasteiger partial charge in [0, 0.05) is 11.1 Å². The van der Waals surface area contributed by atoms with Crippen LogP contribution in [0.2, 0.25) is 0 Å². The molecule has 4 nitrogen and oxygen atoms in total. The van der Waals surface area contributed by atoms with Crippen LogP contribution in [0.5, 0.6) is 17.2 Å². The zero-order chi connectivity index (χ0) is 15.2. The molecule has 0 heterocycles. The maximum Gasteiger partial charge on any atom is 0.161 e. The summed E-state index contributed by atoms with van der Waals surface area (Å²) in [6.45, 7) is 2.28. The van der Waals surface area contributed by atoms with Crippen molar-refractivity contribution in [3.8, 4) is 17.2 Å². The van der Waals surface area contributed by atoms with E-state index < -0.39 is 0 Å². The Morgan fingerprint density at radius 1 is 0.952 bits per heavy atom. The number of carbonyl (C=O) groups is 1. The molecular weight excluding hydrogens is 268 g/mol. The lowest BCUT2D eigenvalue weighted by molar-refractivity contribution is 0.112. The Labute approximate surface area is 124 Å². The van der Waals surface area contributed by atoms with E-state index in [1.165, 1.54) is 0 Å². The molecule has 0 N–H and O–H groups in total. The zero-order valence-corrected chi connectivity index (χ0v) is 12.4. The molecule has 2 aromatic rings. The third-order valence-corrected chi connectivity index (χ3v) is 3.14. The number of rotatable bonds is 6. The van der Waals surface area contributed by atoms with Crippen molar-refractivity contribution in [2.24, 2.45) is 0 Å². The second-order valence-corrected chi connectivity index (χ2v) is 4.63. The van der Waals surface area contributed by atoms with Gasteiger partial charge in [0.1, 0.15) is 18.6 Å². The molecular formula is C17H18O4. The normalized spacial score (nSPS) is 10.0. The minimum absolute atomic E-state index is 0.296. The van der Waals surface area contributed by atoms with Crippen molar-refractivity contribution in [3.63, 3.8) is 0 Å². The Kier molecular flexibility index (Phi) is 4.82. The van der Waals surface area contributed by atoms with Crippen molar-refractivity contribution in [3.05, 3.63) is 53.1 Å². The predicted octanol–water partition coefficient (Wildman–Crippen LogP) is 3.40. The fraction of sp³-hybridized carbons (Fsp3) is 0.235. The maximum atomic E-state index is 10.9. The van der Waals surface area contributed by atoms with Gasteiger partial charge in [-0.15, -0.1) is 0 Å². The van der Waals surface area contributed by atoms with Crippen molar-refractivity contribution < 1.29 is 19.0 Å². The van der Waals surface area contributed by atoms with E-state index in [1.54, 1.807) is 32.4 Å². The van der Waals surface area contributed by atoms with Crippen molar-refractivity contribution in [1.29, 1.82) is 0 Å². The molecule has 0 amide bonds. The third kappa shape index (κ3) is 3.54. The first-order chi connectivity index (χ1) is 10.2. The zero-order valence-electron chi connectivity index (χ0n) is 12.4. The lowest BCUT2D eigenvalue weighted by atomic mass is 10.1. The van der Waals surface area contributed by atoms with Crippen LogP contribution in [-0.2, 0) is 6.61 Å². The molecule has 0 aliphatic heterocycles. The fourth-order valence-corrected chi connectivity index (χ4v) is 2.03. The minimum Gasteiger partial charge on any atom is -0.496 e. The second-order valence-electron chi connectivity index (χ2n) is 4.63. The van der Waals surface area contributed by atoms with E-state index >= 15 is 0 Å². The Balaban J connectivity index is 2.21. The molecule has 0 atom stereocenters. The summed E-state index contributed by atoms with van der Waals surface area (Å²) in [7, 11) is 3.20. The Bertz CT molecular complexity index is 635. The number of carbonyl (C=O) groups excluding carboxylic acids is 1. The number of aryl methyl sites for hydroxylation is 1. The van der Waals surface area contributed by atoms with Gasteiger partial charge in [0.2, 0.25) is 0 Å². The van der Waals surface area contributed by atoms with Crippen LogP contribution >= 0.6 is 0 Å². The van der Waals surface area contributed by atoms with Crippen molar-refractivity contribution in [1.82, 2.24) is 0 Å². The van der Waals surface area contributed by atoms with E-state index in [0.717, 1.165) is 17.4 Å². The van der Waals surface area contributed by atoms with Crippen LogP contribution in [0, 0.1) is 6.92 Å². The number of aldehydes is 1. The minimum atomic E-state index is 0.296. The molecule has 4 heteroatoms. The average molecular weight is 286 g/mol. The first-order valence-corrected chi connectivity index (χ1v) is 6.57. The maximum absolute atomic E-state index is 10.9. The van der Waals surface area contributed by atoms with E-state index in [0.29, 0.717) is 29.4 Å². The van der Waals surface area contributed by atoms with Gasteiger partial charge in [-0.1, -0.05) is 6.07 Å². The molecule has 0 bridgehead atoms. The van der Waals surface area contributed by atoms with Gasteiger partial charge in [-0.3, -0.25) is 4.79 Å². The molecule has 21 heavy (non-hydrogen) atoms. The van der Waals surface area contributed by atoms with Gasteiger partial charge in [-0.05, 0) is 42.8 Å². The quantitative estimate of drug-likeness (QED) is 0.763. The predicted molar refractivity (Wildman–Crippen MR) is 80.4 cm³/mol. The molecule has 2 aromatic carbocycles. The topological polar surface area (TPSA) is 44.8 Å². The average Bonchev–Trinajstić information content (AvgIpc) is 2.53. The highest BCUT2D eigenvalue weighted by atomic mass is 16.5. The fourth-order valence-electron chi connectivity index (χ4n) is 2.03. The number of methoxy groups -OCH3 is 2. The van der Waals surface area contributed by atoms with Crippen molar-refractivity contribution >= 4 is 6.29 Å². The van der Waals surface area contributed by atoms with Gasteiger partial charge >= 0.3 is 0 Å². The number of ether oxygens (including phenoxy) is 3. The van der Waals surface area contributed by atoms with Crippen LogP contribution < -0.4 is 14.2 Å². The summed E-state index contributed by atoms with van der Waals surface area (Å²) < 4.78 is 16.4. The standard InChI is InChI=1S/C17H18O4/c1-12-4-6-16(17(8-12)20-3)21-11-14-9-13(10-18)5-7-15(14)19-2/h4-10H,11H2,1-3H3. The highest BCUT2D eigenvalue weighted by Gasteiger charge is 2.08. The highest BCUT2D eigenvalue weighted by Crippen LogP contribution is 2.29. The van der Waals surface area contributed by atoms with E-state index in [4.69, 9.17) is 14.2 Å². The van der Waals surface area contributed by atoms with Gasteiger partial charge in [-0.2, -0.15) is 0 Å². The number of benzene rings is 2. The Morgan fingerprint density at radius 2 is 1.67 bits per heavy atom. The molecule has 0 fully saturated rings. The molecule has 0 aromatic heterocycles. The van der Waals surface area contributed by atoms with Crippen LogP contribution in [0.25, 0.3) is 0 Å². The highest BCUT2D eigenvalue weighted by molar-refractivity contribution is 5.75. The van der Waals surface area contributed by atoms with Gasteiger partial charge in [0.25, 0.3) is 0 Å². The van der Waals surface area contributed by atoms with E-state index in [9.17, 15) is 4.79 Å². The van der Waals surface area contributed by atoms with Gasteiger partial charge in [-0.25, -0.2) is 0 Å². The van der Waals surface area contributed by atoms with Crippen LogP contribution in [0.15, 0.2) is 36.4 Å². The lowest BCUT2D eigenvalue weighted by Gasteiger charge is -2.13. The number of hydrogen-bond acceptors (Lipinski definition) is 4. The summed E-state index contributed by atoms with van der Waals surface area (Å²) >= 11 is 0. The molecule has 2 rings (SSSR count). The van der Waals surface area contributed by atoms with Crippen molar-refractivity contribution in [2.75, 3.05) is 14.2 Å². The molecule has 0 spiro atoms. The summed E-state index contributed by atoms with van der Waals surface area (Å²) in [5.41, 5.74) is 2.50. The van der Waals surface area contributed by atoms with Crippen LogP contribution in [0.1, 0.15) is 21.5 Å². The summed E-state index contributed by atoms with van der Waals surface area (Å²) in [5.74, 6) is 2.02.